The highest BCUT2D eigenvalue weighted by Crippen LogP contribution is 2.26. The summed E-state index contributed by atoms with van der Waals surface area (Å²) >= 11 is 0. The quantitative estimate of drug-likeness (QED) is 0.334. The first-order valence-electron chi connectivity index (χ1n) is 8.60. The number of aliphatic imine (C=N–C) groups is 1. The van der Waals surface area contributed by atoms with Gasteiger partial charge in [0.05, 0.1) is 6.54 Å². The van der Waals surface area contributed by atoms with Gasteiger partial charge >= 0.3 is 0 Å². The van der Waals surface area contributed by atoms with Gasteiger partial charge in [0.25, 0.3) is 0 Å². The Hall–Kier alpha value is -1.06. The number of hydrogen-bond donors (Lipinski definition) is 3. The highest BCUT2D eigenvalue weighted by Gasteiger charge is 2.31. The summed E-state index contributed by atoms with van der Waals surface area (Å²) in [5, 5.41) is 8.83. The molecule has 1 aliphatic carbocycles. The zero-order valence-electron chi connectivity index (χ0n) is 14.6. The van der Waals surface area contributed by atoms with E-state index in [2.05, 4.69) is 20.9 Å². The Labute approximate surface area is 161 Å². The minimum atomic E-state index is -0.0894. The highest BCUT2D eigenvalue weighted by molar-refractivity contribution is 14.0. The summed E-state index contributed by atoms with van der Waals surface area (Å²) in [5.74, 6) is 1.06. The van der Waals surface area contributed by atoms with Gasteiger partial charge < -0.3 is 20.9 Å². The van der Waals surface area contributed by atoms with E-state index in [-0.39, 0.29) is 48.4 Å². The smallest absolute Gasteiger partial charge is 0.239 e. The van der Waals surface area contributed by atoms with Crippen LogP contribution in [0, 0.1) is 5.92 Å². The van der Waals surface area contributed by atoms with E-state index in [1.165, 1.54) is 19.3 Å². The predicted molar refractivity (Wildman–Crippen MR) is 106 cm³/mol. The van der Waals surface area contributed by atoms with E-state index < -0.39 is 0 Å². The average Bonchev–Trinajstić information content (AvgIpc) is 3.06. The third-order valence-electron chi connectivity index (χ3n) is 4.71. The number of nitrogens with one attached hydrogen (secondary N) is 3. The first kappa shape index (κ1) is 21.0. The second-order valence-electron chi connectivity index (χ2n) is 6.35. The van der Waals surface area contributed by atoms with Gasteiger partial charge in [-0.1, -0.05) is 19.3 Å². The number of carbonyl (C=O) groups excluding carboxylic acids is 2. The summed E-state index contributed by atoms with van der Waals surface area (Å²) in [5.41, 5.74) is 0. The van der Waals surface area contributed by atoms with Crippen LogP contribution in [0.3, 0.4) is 0 Å². The molecule has 2 aliphatic rings. The van der Waals surface area contributed by atoms with Crippen molar-refractivity contribution in [3.05, 3.63) is 0 Å². The minimum absolute atomic E-state index is 0. The van der Waals surface area contributed by atoms with Crippen molar-refractivity contribution in [2.45, 2.75) is 44.6 Å². The lowest BCUT2D eigenvalue weighted by molar-refractivity contribution is -0.135. The van der Waals surface area contributed by atoms with Crippen LogP contribution in [0.4, 0.5) is 0 Å². The summed E-state index contributed by atoms with van der Waals surface area (Å²) in [6, 6.07) is 0.193. The van der Waals surface area contributed by atoms with Crippen molar-refractivity contribution < 1.29 is 9.59 Å². The van der Waals surface area contributed by atoms with Crippen LogP contribution in [0.25, 0.3) is 0 Å². The Balaban J connectivity index is 0.00000288. The van der Waals surface area contributed by atoms with Gasteiger partial charge in [0.15, 0.2) is 5.96 Å². The predicted octanol–water partition coefficient (Wildman–Crippen LogP) is 0.697. The number of halogens is 1. The van der Waals surface area contributed by atoms with Gasteiger partial charge in [-0.05, 0) is 19.3 Å². The Morgan fingerprint density at radius 2 is 1.88 bits per heavy atom. The van der Waals surface area contributed by atoms with Crippen molar-refractivity contribution in [2.24, 2.45) is 10.9 Å². The largest absolute Gasteiger partial charge is 0.358 e. The van der Waals surface area contributed by atoms with E-state index >= 15 is 0 Å². The molecule has 0 radical (unpaired) electrons. The van der Waals surface area contributed by atoms with Gasteiger partial charge in [0.2, 0.25) is 11.8 Å². The van der Waals surface area contributed by atoms with Gasteiger partial charge in [-0.25, -0.2) is 0 Å². The van der Waals surface area contributed by atoms with Crippen molar-refractivity contribution in [1.82, 2.24) is 20.9 Å². The minimum Gasteiger partial charge on any atom is -0.358 e. The lowest BCUT2D eigenvalue weighted by Gasteiger charge is -2.26. The van der Waals surface area contributed by atoms with E-state index in [1.807, 2.05) is 4.90 Å². The summed E-state index contributed by atoms with van der Waals surface area (Å²) < 4.78 is 0. The van der Waals surface area contributed by atoms with Gasteiger partial charge in [0, 0.05) is 39.1 Å². The van der Waals surface area contributed by atoms with Crippen LogP contribution >= 0.6 is 24.0 Å². The Morgan fingerprint density at radius 1 is 1.17 bits per heavy atom. The van der Waals surface area contributed by atoms with Crippen LogP contribution in [0.1, 0.15) is 38.5 Å². The number of likely N-dealkylation sites (tertiary alicyclic amines) is 1. The molecule has 3 N–H and O–H groups in total. The number of carbonyl (C=O) groups is 2. The third kappa shape index (κ3) is 6.10. The van der Waals surface area contributed by atoms with Gasteiger partial charge in [-0.2, -0.15) is 0 Å². The second kappa shape index (κ2) is 10.7. The third-order valence-corrected chi connectivity index (χ3v) is 4.71. The van der Waals surface area contributed by atoms with Gasteiger partial charge in [-0.15, -0.1) is 24.0 Å². The molecule has 1 unspecified atom stereocenters. The van der Waals surface area contributed by atoms with Crippen molar-refractivity contribution in [3.8, 4) is 0 Å². The van der Waals surface area contributed by atoms with Crippen LogP contribution in [-0.4, -0.2) is 62.4 Å². The first-order valence-corrected chi connectivity index (χ1v) is 8.60. The summed E-state index contributed by atoms with van der Waals surface area (Å²) in [7, 11) is 3.28. The van der Waals surface area contributed by atoms with Crippen molar-refractivity contribution in [2.75, 3.05) is 33.7 Å². The maximum atomic E-state index is 12.6. The number of hydrogen-bond acceptors (Lipinski definition) is 3. The standard InChI is InChI=1S/C16H29N5O2.HI/c1-17-14(22)10-19-16(18-2)20-13-8-9-21(11-13)15(23)12-6-4-3-5-7-12;/h12-13H,3-11H2,1-2H3,(H,17,22)(H2,18,19,20);1H. The molecule has 0 aromatic heterocycles. The number of rotatable bonds is 4. The van der Waals surface area contributed by atoms with Crippen molar-refractivity contribution in [3.63, 3.8) is 0 Å². The van der Waals surface area contributed by atoms with E-state index in [0.29, 0.717) is 11.9 Å². The molecule has 0 bridgehead atoms. The van der Waals surface area contributed by atoms with E-state index in [9.17, 15) is 9.59 Å². The van der Waals surface area contributed by atoms with E-state index in [0.717, 1.165) is 32.4 Å². The number of amides is 2. The number of guanidine groups is 1. The first-order chi connectivity index (χ1) is 11.1. The molecule has 1 aliphatic heterocycles. The lowest BCUT2D eigenvalue weighted by Crippen LogP contribution is -2.47. The molecule has 0 spiro atoms. The van der Waals surface area contributed by atoms with Crippen molar-refractivity contribution in [1.29, 1.82) is 0 Å². The zero-order valence-corrected chi connectivity index (χ0v) is 17.0. The second-order valence-corrected chi connectivity index (χ2v) is 6.35. The molecule has 0 aromatic carbocycles. The lowest BCUT2D eigenvalue weighted by atomic mass is 9.88. The molecule has 1 saturated carbocycles. The Kier molecular flexibility index (Phi) is 9.38. The van der Waals surface area contributed by atoms with Gasteiger partial charge in [-0.3, -0.25) is 14.6 Å². The van der Waals surface area contributed by atoms with Crippen molar-refractivity contribution >= 4 is 41.8 Å². The molecule has 2 rings (SSSR count). The Bertz CT molecular complexity index is 452. The average molecular weight is 451 g/mol. The van der Waals surface area contributed by atoms with Crippen LogP contribution < -0.4 is 16.0 Å². The normalized spacial score (nSPS) is 21.8. The van der Waals surface area contributed by atoms with Gasteiger partial charge in [0.1, 0.15) is 0 Å². The molecule has 1 atom stereocenters. The molecular weight excluding hydrogens is 421 g/mol. The molecule has 0 aromatic rings. The monoisotopic (exact) mass is 451 g/mol. The Morgan fingerprint density at radius 3 is 2.50 bits per heavy atom. The summed E-state index contributed by atoms with van der Waals surface area (Å²) in [6.45, 7) is 1.71. The molecule has 24 heavy (non-hydrogen) atoms. The maximum absolute atomic E-state index is 12.6. The molecule has 2 amide bonds. The molecular formula is C16H30IN5O2. The maximum Gasteiger partial charge on any atom is 0.239 e. The SMILES string of the molecule is CN=C(NCC(=O)NC)NC1CCN(C(=O)C2CCCCC2)C1.I. The molecule has 138 valence electrons. The number of nitrogens with zero attached hydrogens (tertiary/aromatic N) is 2. The number of likely N-dealkylation sites (N-methyl/N-ethyl adjacent to an activating group) is 1. The summed E-state index contributed by atoms with van der Waals surface area (Å²) in [4.78, 5) is 29.9. The highest BCUT2D eigenvalue weighted by atomic mass is 127. The van der Waals surface area contributed by atoms with Crippen LogP contribution in [0.5, 0.6) is 0 Å². The zero-order chi connectivity index (χ0) is 16.7. The summed E-state index contributed by atoms with van der Waals surface area (Å²) in [6.07, 6.45) is 6.63. The fourth-order valence-electron chi connectivity index (χ4n) is 3.33. The molecule has 7 nitrogen and oxygen atoms in total. The molecule has 2 fully saturated rings. The van der Waals surface area contributed by atoms with Crippen LogP contribution in [0.15, 0.2) is 4.99 Å². The fraction of sp³-hybridized carbons (Fsp3) is 0.812. The van der Waals surface area contributed by atoms with Crippen LogP contribution in [-0.2, 0) is 9.59 Å². The van der Waals surface area contributed by atoms with Crippen LogP contribution in [0.2, 0.25) is 0 Å². The molecule has 1 heterocycles. The molecule has 1 saturated heterocycles. The van der Waals surface area contributed by atoms with E-state index in [1.54, 1.807) is 14.1 Å². The fourth-order valence-corrected chi connectivity index (χ4v) is 3.33. The van der Waals surface area contributed by atoms with E-state index in [4.69, 9.17) is 0 Å². The topological polar surface area (TPSA) is 85.8 Å². The molecule has 8 heteroatoms.